The lowest BCUT2D eigenvalue weighted by Crippen LogP contribution is -2.52. The van der Waals surface area contributed by atoms with Gasteiger partial charge >= 0.3 is 0 Å². The standard InChI is InChI=1S/C28H27N5O4/c1-3-17-13-19(15-21-20(17)5-4-6-24(21)36-2)27(35)33-11-9-28(10-12-33)16-23(34)22-14-18(7-8-25(22)37-28)26-29-31-32-30-26/h4-8,13-15H,3,9-12,16H2,1-2H3,(H,29,30,31,32). The molecule has 2 aliphatic rings. The van der Waals surface area contributed by atoms with Crippen LogP contribution in [-0.4, -0.2) is 63.0 Å². The predicted octanol–water partition coefficient (Wildman–Crippen LogP) is 4.23. The van der Waals surface area contributed by atoms with Crippen LogP contribution in [0.1, 0.15) is 52.5 Å². The number of ether oxygens (including phenoxy) is 2. The van der Waals surface area contributed by atoms with Crippen molar-refractivity contribution >= 4 is 22.5 Å². The highest BCUT2D eigenvalue weighted by molar-refractivity contribution is 6.02. The SMILES string of the molecule is CCc1cc(C(=O)N2CCC3(CC2)CC(=O)c2cc(-c4nnn[nH]4)ccc2O3)cc2c(OC)cccc12. The number of aromatic amines is 1. The molecule has 0 radical (unpaired) electrons. The third-order valence-corrected chi connectivity index (χ3v) is 7.56. The molecule has 3 aromatic carbocycles. The molecule has 188 valence electrons. The molecule has 37 heavy (non-hydrogen) atoms. The van der Waals surface area contributed by atoms with Crippen LogP contribution in [0.3, 0.4) is 0 Å². The summed E-state index contributed by atoms with van der Waals surface area (Å²) in [5.41, 5.74) is 2.44. The Balaban J connectivity index is 1.21. The number of hydrogen-bond donors (Lipinski definition) is 1. The van der Waals surface area contributed by atoms with E-state index in [0.717, 1.165) is 34.1 Å². The van der Waals surface area contributed by atoms with Crippen molar-refractivity contribution < 1.29 is 19.1 Å². The molecule has 1 saturated heterocycles. The molecule has 0 aliphatic carbocycles. The number of H-pyrrole nitrogens is 1. The van der Waals surface area contributed by atoms with E-state index in [9.17, 15) is 9.59 Å². The first-order valence-corrected chi connectivity index (χ1v) is 12.5. The minimum atomic E-state index is -0.600. The largest absolute Gasteiger partial charge is 0.496 e. The Labute approximate surface area is 213 Å². The van der Waals surface area contributed by atoms with E-state index in [0.29, 0.717) is 48.6 Å². The third kappa shape index (κ3) is 4.00. The number of Topliss-reactive ketones (excluding diaryl/α,β-unsaturated/α-hetero) is 1. The van der Waals surface area contributed by atoms with Gasteiger partial charge in [0.2, 0.25) is 0 Å². The molecular weight excluding hydrogens is 470 g/mol. The molecule has 0 atom stereocenters. The van der Waals surface area contributed by atoms with Gasteiger partial charge in [-0.3, -0.25) is 9.59 Å². The number of amides is 1. The van der Waals surface area contributed by atoms with E-state index in [1.807, 2.05) is 35.2 Å². The quantitative estimate of drug-likeness (QED) is 0.449. The summed E-state index contributed by atoms with van der Waals surface area (Å²) >= 11 is 0. The number of carbonyl (C=O) groups excluding carboxylic acids is 2. The summed E-state index contributed by atoms with van der Waals surface area (Å²) in [7, 11) is 1.65. The van der Waals surface area contributed by atoms with Crippen molar-refractivity contribution in [2.75, 3.05) is 20.2 Å². The molecule has 2 aliphatic heterocycles. The number of methoxy groups -OCH3 is 1. The first kappa shape index (κ1) is 23.1. The van der Waals surface area contributed by atoms with Crippen LogP contribution >= 0.6 is 0 Å². The highest BCUT2D eigenvalue weighted by Crippen LogP contribution is 2.41. The first-order valence-electron chi connectivity index (χ1n) is 12.5. The number of aryl methyl sites for hydroxylation is 1. The molecule has 0 saturated carbocycles. The molecular formula is C28H27N5O4. The van der Waals surface area contributed by atoms with E-state index in [4.69, 9.17) is 9.47 Å². The normalized spacial score (nSPS) is 16.5. The smallest absolute Gasteiger partial charge is 0.253 e. The van der Waals surface area contributed by atoms with Gasteiger partial charge in [0, 0.05) is 42.4 Å². The maximum Gasteiger partial charge on any atom is 0.253 e. The summed E-state index contributed by atoms with van der Waals surface area (Å²) in [4.78, 5) is 28.6. The Morgan fingerprint density at radius 2 is 1.97 bits per heavy atom. The van der Waals surface area contributed by atoms with Crippen molar-refractivity contribution in [1.29, 1.82) is 0 Å². The van der Waals surface area contributed by atoms with E-state index in [1.165, 1.54) is 0 Å². The van der Waals surface area contributed by atoms with Crippen molar-refractivity contribution in [3.63, 3.8) is 0 Å². The van der Waals surface area contributed by atoms with Crippen molar-refractivity contribution in [2.24, 2.45) is 0 Å². The molecule has 0 bridgehead atoms. The summed E-state index contributed by atoms with van der Waals surface area (Å²) in [6.07, 6.45) is 2.29. The Morgan fingerprint density at radius 3 is 2.70 bits per heavy atom. The van der Waals surface area contributed by atoms with E-state index in [2.05, 4.69) is 33.6 Å². The molecule has 9 nitrogen and oxygen atoms in total. The Kier molecular flexibility index (Phi) is 5.62. The number of fused-ring (bicyclic) bond motifs is 2. The number of piperidine rings is 1. The van der Waals surface area contributed by atoms with E-state index in [-0.39, 0.29) is 18.1 Å². The van der Waals surface area contributed by atoms with Gasteiger partial charge in [-0.15, -0.1) is 5.10 Å². The van der Waals surface area contributed by atoms with Crippen molar-refractivity contribution in [3.05, 3.63) is 65.2 Å². The Morgan fingerprint density at radius 1 is 1.14 bits per heavy atom. The van der Waals surface area contributed by atoms with Crippen LogP contribution in [0.5, 0.6) is 11.5 Å². The second-order valence-electron chi connectivity index (χ2n) is 9.68. The fourth-order valence-corrected chi connectivity index (χ4v) is 5.53. The number of ketones is 1. The van der Waals surface area contributed by atoms with Crippen LogP contribution in [0, 0.1) is 0 Å². The van der Waals surface area contributed by atoms with Gasteiger partial charge in [-0.2, -0.15) is 0 Å². The van der Waals surface area contributed by atoms with Crippen molar-refractivity contribution in [2.45, 2.75) is 38.2 Å². The highest BCUT2D eigenvalue weighted by Gasteiger charge is 2.44. The summed E-state index contributed by atoms with van der Waals surface area (Å²) in [6.45, 7) is 3.14. The average molecular weight is 498 g/mol. The zero-order valence-corrected chi connectivity index (χ0v) is 20.8. The Hall–Kier alpha value is -4.27. The number of nitrogens with zero attached hydrogens (tertiary/aromatic N) is 4. The van der Waals surface area contributed by atoms with E-state index >= 15 is 0 Å². The molecule has 9 heteroatoms. The molecule has 1 aromatic heterocycles. The third-order valence-electron chi connectivity index (χ3n) is 7.56. The second kappa shape index (κ2) is 8.99. The molecule has 0 unspecified atom stereocenters. The summed E-state index contributed by atoms with van der Waals surface area (Å²) in [5, 5.41) is 15.9. The fraction of sp³-hybridized carbons (Fsp3) is 0.321. The lowest BCUT2D eigenvalue weighted by molar-refractivity contribution is -0.00569. The lowest BCUT2D eigenvalue weighted by atomic mass is 9.82. The number of aromatic nitrogens is 4. The maximum absolute atomic E-state index is 13.6. The predicted molar refractivity (Wildman–Crippen MR) is 137 cm³/mol. The summed E-state index contributed by atoms with van der Waals surface area (Å²) in [5.74, 6) is 1.85. The number of hydrogen-bond acceptors (Lipinski definition) is 7. The van der Waals surface area contributed by atoms with Crippen LogP contribution in [0.25, 0.3) is 22.2 Å². The molecule has 4 aromatic rings. The number of tetrazole rings is 1. The number of likely N-dealkylation sites (tertiary alicyclic amines) is 1. The van der Waals surface area contributed by atoms with Crippen LogP contribution in [-0.2, 0) is 6.42 Å². The topological polar surface area (TPSA) is 110 Å². The van der Waals surface area contributed by atoms with Crippen LogP contribution in [0.4, 0.5) is 0 Å². The molecule has 1 fully saturated rings. The van der Waals surface area contributed by atoms with Gasteiger partial charge in [0.25, 0.3) is 5.91 Å². The van der Waals surface area contributed by atoms with Crippen LogP contribution < -0.4 is 9.47 Å². The highest BCUT2D eigenvalue weighted by atomic mass is 16.5. The van der Waals surface area contributed by atoms with Crippen LogP contribution in [0.2, 0.25) is 0 Å². The van der Waals surface area contributed by atoms with Gasteiger partial charge in [0.05, 0.1) is 19.1 Å². The van der Waals surface area contributed by atoms with Gasteiger partial charge in [0.1, 0.15) is 17.1 Å². The number of benzene rings is 3. The maximum atomic E-state index is 13.6. The van der Waals surface area contributed by atoms with Crippen molar-refractivity contribution in [3.8, 4) is 22.9 Å². The minimum Gasteiger partial charge on any atom is -0.496 e. The van der Waals surface area contributed by atoms with Crippen LogP contribution in [0.15, 0.2) is 48.5 Å². The molecule has 1 amide bonds. The van der Waals surface area contributed by atoms with Gasteiger partial charge < -0.3 is 14.4 Å². The number of rotatable bonds is 4. The monoisotopic (exact) mass is 497 g/mol. The summed E-state index contributed by atoms with van der Waals surface area (Å²) in [6, 6.07) is 15.3. The molecule has 3 heterocycles. The summed E-state index contributed by atoms with van der Waals surface area (Å²) < 4.78 is 12.0. The second-order valence-corrected chi connectivity index (χ2v) is 9.68. The molecule has 1 N–H and O–H groups in total. The average Bonchev–Trinajstić information content (AvgIpc) is 3.47. The Bertz CT molecular complexity index is 1510. The van der Waals surface area contributed by atoms with Gasteiger partial charge in [0.15, 0.2) is 11.6 Å². The molecule has 6 rings (SSSR count). The van der Waals surface area contributed by atoms with Gasteiger partial charge in [-0.25, -0.2) is 5.10 Å². The minimum absolute atomic E-state index is 0.00907. The molecule has 1 spiro atoms. The number of carbonyl (C=O) groups is 2. The number of nitrogens with one attached hydrogen (secondary N) is 1. The zero-order chi connectivity index (χ0) is 25.6. The zero-order valence-electron chi connectivity index (χ0n) is 20.8. The lowest BCUT2D eigenvalue weighted by Gasteiger charge is -2.44. The fourth-order valence-electron chi connectivity index (χ4n) is 5.53. The van der Waals surface area contributed by atoms with E-state index < -0.39 is 5.60 Å². The van der Waals surface area contributed by atoms with Crippen molar-refractivity contribution in [1.82, 2.24) is 25.5 Å². The van der Waals surface area contributed by atoms with Gasteiger partial charge in [-0.05, 0) is 64.2 Å². The van der Waals surface area contributed by atoms with E-state index in [1.54, 1.807) is 19.2 Å². The van der Waals surface area contributed by atoms with Gasteiger partial charge in [-0.1, -0.05) is 19.1 Å². The first-order chi connectivity index (χ1) is 18.0.